The Kier molecular flexibility index (Phi) is 4.75. The molecule has 2 N–H and O–H groups in total. The van der Waals surface area contributed by atoms with Crippen LogP contribution in [0.1, 0.15) is 13.8 Å². The molecule has 5 nitrogen and oxygen atoms in total. The summed E-state index contributed by atoms with van der Waals surface area (Å²) in [5, 5.41) is 8.72. The lowest BCUT2D eigenvalue weighted by atomic mass is 10.1. The third kappa shape index (κ3) is 3.73. The van der Waals surface area contributed by atoms with Crippen LogP contribution in [0.25, 0.3) is 0 Å². The molecule has 9 heteroatoms. The van der Waals surface area contributed by atoms with E-state index in [4.69, 9.17) is 39.9 Å². The van der Waals surface area contributed by atoms with E-state index in [1.165, 1.54) is 26.0 Å². The molecule has 0 aromatic heterocycles. The molecular weight excluding hydrogens is 337 g/mol. The van der Waals surface area contributed by atoms with Gasteiger partial charge in [0.1, 0.15) is 10.4 Å². The molecule has 0 aliphatic carbocycles. The van der Waals surface area contributed by atoms with Crippen molar-refractivity contribution in [1.82, 2.24) is 4.72 Å². The molecule has 19 heavy (non-hydrogen) atoms. The Labute approximate surface area is 125 Å². The van der Waals surface area contributed by atoms with Crippen molar-refractivity contribution < 1.29 is 18.3 Å². The van der Waals surface area contributed by atoms with Gasteiger partial charge in [0, 0.05) is 5.02 Å². The fraction of sp³-hybridized carbons (Fsp3) is 0.300. The molecule has 0 saturated heterocycles. The lowest BCUT2D eigenvalue weighted by Crippen LogP contribution is -2.49. The maximum Gasteiger partial charge on any atom is 0.324 e. The predicted molar refractivity (Wildman–Crippen MR) is 73.5 cm³/mol. The predicted octanol–water partition coefficient (Wildman–Crippen LogP) is 2.79. The number of nitrogens with one attached hydrogen (secondary N) is 1. The summed E-state index contributed by atoms with van der Waals surface area (Å²) < 4.78 is 26.2. The van der Waals surface area contributed by atoms with Crippen molar-refractivity contribution in [1.29, 1.82) is 0 Å². The van der Waals surface area contributed by atoms with Crippen LogP contribution in [0.15, 0.2) is 17.0 Å². The number of halogens is 3. The largest absolute Gasteiger partial charge is 0.480 e. The zero-order valence-electron chi connectivity index (χ0n) is 9.87. The minimum absolute atomic E-state index is 0.173. The summed E-state index contributed by atoms with van der Waals surface area (Å²) in [4.78, 5) is 10.5. The average molecular weight is 347 g/mol. The minimum atomic E-state index is -4.19. The van der Waals surface area contributed by atoms with Crippen LogP contribution in [0, 0.1) is 0 Å². The lowest BCUT2D eigenvalue weighted by molar-refractivity contribution is -0.142. The van der Waals surface area contributed by atoms with Gasteiger partial charge in [-0.3, -0.25) is 4.79 Å². The van der Waals surface area contributed by atoms with Crippen molar-refractivity contribution in [2.24, 2.45) is 0 Å². The third-order valence-electron chi connectivity index (χ3n) is 2.16. The zero-order valence-corrected chi connectivity index (χ0v) is 13.0. The number of carboxylic acid groups (broad SMARTS) is 1. The molecule has 0 heterocycles. The standard InChI is InChI=1S/C10H10Cl3NO4S/c1-10(2,9(15)16)14-19(17,18)8-6(12)3-5(11)4-7(8)13/h3-4,14H,1-2H3,(H,15,16). The van der Waals surface area contributed by atoms with Crippen molar-refractivity contribution in [3.05, 3.63) is 27.2 Å². The topological polar surface area (TPSA) is 83.5 Å². The van der Waals surface area contributed by atoms with Gasteiger partial charge in [-0.2, -0.15) is 4.72 Å². The monoisotopic (exact) mass is 345 g/mol. The first kappa shape index (κ1) is 16.5. The Morgan fingerprint density at radius 2 is 1.63 bits per heavy atom. The second-order valence-corrected chi connectivity index (χ2v) is 7.10. The zero-order chi connectivity index (χ0) is 15.0. The first-order valence-electron chi connectivity index (χ1n) is 4.89. The molecule has 1 aromatic rings. The Hall–Kier alpha value is -0.530. The molecule has 1 aromatic carbocycles. The number of carbonyl (C=O) groups is 1. The van der Waals surface area contributed by atoms with E-state index >= 15 is 0 Å². The molecule has 0 aliphatic heterocycles. The highest BCUT2D eigenvalue weighted by Crippen LogP contribution is 2.33. The van der Waals surface area contributed by atoms with Crippen molar-refractivity contribution in [2.75, 3.05) is 0 Å². The number of hydrogen-bond acceptors (Lipinski definition) is 3. The maximum absolute atomic E-state index is 12.1. The third-order valence-corrected chi connectivity index (χ3v) is 4.95. The molecule has 0 spiro atoms. The van der Waals surface area contributed by atoms with Crippen LogP contribution in [0.3, 0.4) is 0 Å². The average Bonchev–Trinajstić information content (AvgIpc) is 2.12. The SMILES string of the molecule is CC(C)(NS(=O)(=O)c1c(Cl)cc(Cl)cc1Cl)C(=O)O. The Balaban J connectivity index is 3.34. The van der Waals surface area contributed by atoms with Crippen molar-refractivity contribution in [3.8, 4) is 0 Å². The summed E-state index contributed by atoms with van der Waals surface area (Å²) in [5.41, 5.74) is -1.70. The number of hydrogen-bond donors (Lipinski definition) is 2. The fourth-order valence-corrected chi connectivity index (χ4v) is 4.14. The first-order chi connectivity index (χ1) is 8.47. The van der Waals surface area contributed by atoms with Gasteiger partial charge >= 0.3 is 5.97 Å². The van der Waals surface area contributed by atoms with E-state index in [1.807, 2.05) is 4.72 Å². The van der Waals surface area contributed by atoms with Crippen LogP contribution in [0.5, 0.6) is 0 Å². The summed E-state index contributed by atoms with van der Waals surface area (Å²) >= 11 is 17.3. The Morgan fingerprint density at radius 1 is 1.21 bits per heavy atom. The van der Waals surface area contributed by atoms with Gasteiger partial charge in [0.05, 0.1) is 10.0 Å². The summed E-state index contributed by atoms with van der Waals surface area (Å²) in [5.74, 6) is -1.34. The number of aliphatic carboxylic acids is 1. The molecule has 0 radical (unpaired) electrons. The van der Waals surface area contributed by atoms with E-state index in [2.05, 4.69) is 0 Å². The Bertz CT molecular complexity index is 605. The van der Waals surface area contributed by atoms with Gasteiger partial charge in [0.2, 0.25) is 10.0 Å². The highest BCUT2D eigenvalue weighted by molar-refractivity contribution is 7.89. The van der Waals surface area contributed by atoms with E-state index in [0.29, 0.717) is 0 Å². The molecule has 106 valence electrons. The highest BCUT2D eigenvalue weighted by Gasteiger charge is 2.35. The number of carboxylic acids is 1. The molecule has 0 atom stereocenters. The first-order valence-corrected chi connectivity index (χ1v) is 7.51. The van der Waals surface area contributed by atoms with Crippen molar-refractivity contribution in [3.63, 3.8) is 0 Å². The summed E-state index contributed by atoms with van der Waals surface area (Å²) in [6.07, 6.45) is 0. The van der Waals surface area contributed by atoms with Gasteiger partial charge < -0.3 is 5.11 Å². The van der Waals surface area contributed by atoms with Gasteiger partial charge in [-0.25, -0.2) is 8.42 Å². The number of benzene rings is 1. The Morgan fingerprint density at radius 3 is 2.00 bits per heavy atom. The van der Waals surface area contributed by atoms with Gasteiger partial charge in [0.15, 0.2) is 0 Å². The van der Waals surface area contributed by atoms with Crippen LogP contribution >= 0.6 is 34.8 Å². The molecule has 0 unspecified atom stereocenters. The summed E-state index contributed by atoms with van der Waals surface area (Å²) in [6, 6.07) is 2.41. The van der Waals surface area contributed by atoms with Crippen molar-refractivity contribution in [2.45, 2.75) is 24.3 Å². The number of sulfonamides is 1. The number of rotatable bonds is 4. The molecule has 0 bridgehead atoms. The van der Waals surface area contributed by atoms with E-state index in [0.717, 1.165) is 0 Å². The van der Waals surface area contributed by atoms with E-state index < -0.39 is 26.4 Å². The van der Waals surface area contributed by atoms with Gasteiger partial charge in [-0.15, -0.1) is 0 Å². The minimum Gasteiger partial charge on any atom is -0.480 e. The molecule has 0 saturated carbocycles. The molecule has 0 aliphatic rings. The summed E-state index contributed by atoms with van der Waals surface area (Å²) in [7, 11) is -4.19. The fourth-order valence-electron chi connectivity index (χ4n) is 1.22. The quantitative estimate of drug-likeness (QED) is 0.878. The van der Waals surface area contributed by atoms with E-state index in [1.54, 1.807) is 0 Å². The van der Waals surface area contributed by atoms with E-state index in [9.17, 15) is 13.2 Å². The van der Waals surface area contributed by atoms with Gasteiger partial charge in [-0.05, 0) is 26.0 Å². The van der Waals surface area contributed by atoms with Gasteiger partial charge in [-0.1, -0.05) is 34.8 Å². The van der Waals surface area contributed by atoms with E-state index in [-0.39, 0.29) is 15.1 Å². The highest BCUT2D eigenvalue weighted by atomic mass is 35.5. The molecule has 0 amide bonds. The van der Waals surface area contributed by atoms with Crippen LogP contribution in [0.2, 0.25) is 15.1 Å². The normalized spacial score (nSPS) is 12.5. The molecule has 1 rings (SSSR count). The molecular formula is C10H10Cl3NO4S. The van der Waals surface area contributed by atoms with Crippen LogP contribution < -0.4 is 4.72 Å². The second-order valence-electron chi connectivity index (χ2n) is 4.23. The maximum atomic E-state index is 12.1. The van der Waals surface area contributed by atoms with Crippen molar-refractivity contribution >= 4 is 50.8 Å². The van der Waals surface area contributed by atoms with Crippen LogP contribution in [0.4, 0.5) is 0 Å². The molecule has 0 fully saturated rings. The van der Waals surface area contributed by atoms with Gasteiger partial charge in [0.25, 0.3) is 0 Å². The second kappa shape index (κ2) is 5.46. The van der Waals surface area contributed by atoms with Crippen LogP contribution in [-0.2, 0) is 14.8 Å². The smallest absolute Gasteiger partial charge is 0.324 e. The lowest BCUT2D eigenvalue weighted by Gasteiger charge is -2.21. The van der Waals surface area contributed by atoms with Crippen LogP contribution in [-0.4, -0.2) is 25.0 Å². The summed E-state index contributed by atoms with van der Waals surface area (Å²) in [6.45, 7) is 2.40.